The minimum Gasteiger partial charge on any atom is -0.409 e. The fourth-order valence-electron chi connectivity index (χ4n) is 2.88. The van der Waals surface area contributed by atoms with E-state index in [1.165, 1.54) is 7.11 Å². The largest absolute Gasteiger partial charge is 0.409 e. The van der Waals surface area contributed by atoms with Gasteiger partial charge in [-0.1, -0.05) is 20.8 Å². The Bertz CT molecular complexity index is 795. The smallest absolute Gasteiger partial charge is 0.332 e. The number of rotatable bonds is 16. The van der Waals surface area contributed by atoms with Crippen LogP contribution in [-0.2, 0) is 36.3 Å². The minimum atomic E-state index is -3.04. The molecule has 1 aliphatic heterocycles. The first kappa shape index (κ1) is 30.9. The molecule has 0 aromatic carbocycles. The van der Waals surface area contributed by atoms with E-state index in [1.54, 1.807) is 0 Å². The molecule has 1 saturated heterocycles. The average Bonchev–Trinajstić information content (AvgIpc) is 3.08. The molecule has 0 aromatic heterocycles. The highest BCUT2D eigenvalue weighted by atomic mass is 31.2. The second-order valence-corrected chi connectivity index (χ2v) is 17.5. The van der Waals surface area contributed by atoms with Crippen LogP contribution in [0.1, 0.15) is 41.9 Å². The summed E-state index contributed by atoms with van der Waals surface area (Å²) in [5.41, 5.74) is 0. The zero-order valence-electron chi connectivity index (χ0n) is 23.0. The highest BCUT2D eigenvalue weighted by Crippen LogP contribution is 2.52. The summed E-state index contributed by atoms with van der Waals surface area (Å²) >= 11 is 0. The molecule has 0 amide bonds. The third kappa shape index (κ3) is 10.5. The van der Waals surface area contributed by atoms with Gasteiger partial charge in [-0.15, -0.1) is 0 Å². The van der Waals surface area contributed by atoms with Gasteiger partial charge in [-0.3, -0.25) is 0 Å². The average molecular weight is 551 g/mol. The van der Waals surface area contributed by atoms with Gasteiger partial charge in [0, 0.05) is 8.48 Å². The first-order valence-corrected chi connectivity index (χ1v) is 17.2. The maximum absolute atomic E-state index is 8.88. The monoisotopic (exact) mass is 551 g/mol. The summed E-state index contributed by atoms with van der Waals surface area (Å²) in [5.74, 6) is 0. The lowest BCUT2D eigenvalue weighted by atomic mass is 9.93. The van der Waals surface area contributed by atoms with E-state index in [4.69, 9.17) is 48.2 Å². The summed E-state index contributed by atoms with van der Waals surface area (Å²) in [5, 5.41) is 17.6. The van der Waals surface area contributed by atoms with E-state index in [2.05, 4.69) is 40.2 Å². The van der Waals surface area contributed by atoms with Crippen LogP contribution < -0.4 is 0 Å². The van der Waals surface area contributed by atoms with Crippen LogP contribution in [0.5, 0.6) is 0 Å². The molecule has 0 saturated carbocycles. The summed E-state index contributed by atoms with van der Waals surface area (Å²) in [6.07, 6.45) is 2.78. The summed E-state index contributed by atoms with van der Waals surface area (Å²) in [6, 6.07) is 3.72. The standard InChI is InChI=1S/C21H41BN2O8P2Si/c1-9-26-33(27-14-10-12-23)28-16-17-18(31-34(6,25-5)29-15-11-13-24)19(20(22)30-17)32-35(7,8)21(2,3)4/h17-20H,6,9-11,14-16,22H2,1-5,7-8H3/t17-,18?,19+,20-,33?,34?/m1/s1/i1D. The van der Waals surface area contributed by atoms with Crippen molar-refractivity contribution in [1.29, 1.82) is 10.5 Å². The predicted octanol–water partition coefficient (Wildman–Crippen LogP) is 4.10. The Morgan fingerprint density at radius 1 is 1.14 bits per heavy atom. The Hall–Kier alpha value is -0.328. The number of hydrogen-bond donors (Lipinski definition) is 0. The molecule has 1 aliphatic rings. The summed E-state index contributed by atoms with van der Waals surface area (Å²) in [7, 11) is -3.66. The first-order chi connectivity index (χ1) is 16.8. The molecule has 1 rings (SSSR count). The molecule has 14 heteroatoms. The van der Waals surface area contributed by atoms with Crippen LogP contribution in [0.4, 0.5) is 0 Å². The second kappa shape index (κ2) is 15.2. The Morgan fingerprint density at radius 3 is 2.37 bits per heavy atom. The predicted molar refractivity (Wildman–Crippen MR) is 142 cm³/mol. The van der Waals surface area contributed by atoms with Crippen molar-refractivity contribution < 1.29 is 37.7 Å². The van der Waals surface area contributed by atoms with Crippen molar-refractivity contribution in [1.82, 2.24) is 0 Å². The molecule has 1 fully saturated rings. The van der Waals surface area contributed by atoms with Crippen molar-refractivity contribution in [3.8, 4) is 12.1 Å². The molecule has 10 nitrogen and oxygen atoms in total. The van der Waals surface area contributed by atoms with Crippen molar-refractivity contribution in [3.05, 3.63) is 0 Å². The molecule has 0 bridgehead atoms. The maximum Gasteiger partial charge on any atom is 0.332 e. The number of nitrogens with zero attached hydrogens (tertiary/aromatic N) is 2. The molecule has 0 spiro atoms. The number of nitriles is 2. The van der Waals surface area contributed by atoms with Crippen LogP contribution in [-0.4, -0.2) is 80.3 Å². The van der Waals surface area contributed by atoms with Crippen molar-refractivity contribution in [2.45, 2.75) is 83.0 Å². The van der Waals surface area contributed by atoms with Gasteiger partial charge in [0.2, 0.25) is 0 Å². The van der Waals surface area contributed by atoms with Crippen molar-refractivity contribution in [2.75, 3.05) is 33.5 Å². The normalized spacial score (nSPS) is 25.9. The van der Waals surface area contributed by atoms with Gasteiger partial charge in [-0.2, -0.15) is 10.5 Å². The molecule has 0 radical (unpaired) electrons. The van der Waals surface area contributed by atoms with Gasteiger partial charge < -0.3 is 36.3 Å². The molecule has 6 atom stereocenters. The summed E-state index contributed by atoms with van der Waals surface area (Å²) in [4.78, 5) is 0. The van der Waals surface area contributed by atoms with Gasteiger partial charge in [0.05, 0.1) is 63.5 Å². The molecule has 35 heavy (non-hydrogen) atoms. The van der Waals surface area contributed by atoms with Crippen LogP contribution in [0.2, 0.25) is 18.1 Å². The van der Waals surface area contributed by atoms with Crippen molar-refractivity contribution in [2.24, 2.45) is 0 Å². The molecular weight excluding hydrogens is 509 g/mol. The van der Waals surface area contributed by atoms with Gasteiger partial charge in [0.15, 0.2) is 8.32 Å². The van der Waals surface area contributed by atoms with Crippen molar-refractivity contribution >= 4 is 38.6 Å². The lowest BCUT2D eigenvalue weighted by Gasteiger charge is -2.41. The zero-order chi connectivity index (χ0) is 27.4. The van der Waals surface area contributed by atoms with E-state index in [1.807, 2.05) is 20.0 Å². The first-order valence-electron chi connectivity index (χ1n) is 12.2. The Kier molecular flexibility index (Phi) is 13.4. The van der Waals surface area contributed by atoms with Crippen molar-refractivity contribution in [3.63, 3.8) is 0 Å². The van der Waals surface area contributed by atoms with Gasteiger partial charge in [-0.05, 0) is 31.3 Å². The highest BCUT2D eigenvalue weighted by molar-refractivity contribution is 7.59. The Morgan fingerprint density at radius 2 is 1.80 bits per heavy atom. The second-order valence-electron chi connectivity index (χ2n) is 9.42. The molecule has 1 heterocycles. The topological polar surface area (TPSA) is 121 Å². The SMILES string of the molecule is [2H]CCOP(OCCC#N)OC[C@H]1O[C@@H](B)[C@@H](O[Si](C)(C)C(C)(C)C)C1OP(=C)(OC)OCCC#N. The quantitative estimate of drug-likeness (QED) is 0.157. The maximum atomic E-state index is 8.88. The molecular formula is C21H41BN2O8P2Si. The van der Waals surface area contributed by atoms with E-state index >= 15 is 0 Å². The third-order valence-electron chi connectivity index (χ3n) is 5.79. The van der Waals surface area contributed by atoms with Gasteiger partial charge in [0.25, 0.3) is 7.57 Å². The van der Waals surface area contributed by atoms with E-state index < -0.39 is 42.8 Å². The Balaban J connectivity index is 3.13. The van der Waals surface area contributed by atoms with Crippen LogP contribution in [0.25, 0.3) is 0 Å². The van der Waals surface area contributed by atoms with Gasteiger partial charge in [0.1, 0.15) is 20.1 Å². The molecule has 0 N–H and O–H groups in total. The number of ether oxygens (including phenoxy) is 1. The Labute approximate surface area is 215 Å². The van der Waals surface area contributed by atoms with E-state index in [-0.39, 0.29) is 57.2 Å². The fourth-order valence-corrected chi connectivity index (χ4v) is 6.37. The number of hydrogen-bond acceptors (Lipinski definition) is 10. The molecule has 0 aromatic rings. The summed E-state index contributed by atoms with van der Waals surface area (Å²) < 4.78 is 54.9. The van der Waals surface area contributed by atoms with Gasteiger partial charge in [-0.25, -0.2) is 0 Å². The van der Waals surface area contributed by atoms with E-state index in [0.29, 0.717) is 0 Å². The zero-order valence-corrected chi connectivity index (χ0v) is 24.8. The lowest BCUT2D eigenvalue weighted by Crippen LogP contribution is -2.50. The van der Waals surface area contributed by atoms with E-state index in [0.717, 1.165) is 0 Å². The lowest BCUT2D eigenvalue weighted by molar-refractivity contribution is -0.00584. The highest BCUT2D eigenvalue weighted by Gasteiger charge is 2.50. The van der Waals surface area contributed by atoms with Crippen LogP contribution in [0.3, 0.4) is 0 Å². The molecule has 200 valence electrons. The molecule has 0 aliphatic carbocycles. The van der Waals surface area contributed by atoms with Crippen LogP contribution >= 0.6 is 16.2 Å². The van der Waals surface area contributed by atoms with Crippen LogP contribution in [0, 0.1) is 22.7 Å². The fraction of sp³-hybridized carbons (Fsp3) is 0.857. The van der Waals surface area contributed by atoms with E-state index in [9.17, 15) is 0 Å². The van der Waals surface area contributed by atoms with Crippen LogP contribution in [0.15, 0.2) is 0 Å². The molecule has 3 unspecified atom stereocenters. The third-order valence-corrected chi connectivity index (χ3v) is 13.1. The van der Waals surface area contributed by atoms with Gasteiger partial charge >= 0.3 is 8.60 Å². The summed E-state index contributed by atoms with van der Waals surface area (Å²) in [6.45, 7) is 11.3. The minimum absolute atomic E-state index is 0.0416.